The number of carboxylic acid groups (broad SMARTS) is 1. The third-order valence-electron chi connectivity index (χ3n) is 6.49. The van der Waals surface area contributed by atoms with Crippen LogP contribution in [-0.4, -0.2) is 40.8 Å². The van der Waals surface area contributed by atoms with Crippen molar-refractivity contribution in [3.05, 3.63) is 34.9 Å². The molecule has 0 aliphatic carbocycles. The van der Waals surface area contributed by atoms with Gasteiger partial charge in [-0.2, -0.15) is 0 Å². The lowest BCUT2D eigenvalue weighted by Crippen LogP contribution is -2.22. The zero-order valence-corrected chi connectivity index (χ0v) is 22.6. The number of alkyl halides is 3. The number of aromatic nitrogens is 2. The van der Waals surface area contributed by atoms with Gasteiger partial charge in [0, 0.05) is 23.8 Å². The number of unbranched alkanes of at least 4 members (excludes halogenated alkanes) is 3. The van der Waals surface area contributed by atoms with E-state index >= 15 is 0 Å². The van der Waals surface area contributed by atoms with Crippen LogP contribution in [0.2, 0.25) is 0 Å². The quantitative estimate of drug-likeness (QED) is 0.228. The van der Waals surface area contributed by atoms with E-state index in [-0.39, 0.29) is 18.8 Å². The van der Waals surface area contributed by atoms with E-state index in [1.165, 1.54) is 37.0 Å². The average molecular weight is 540 g/mol. The maximum absolute atomic E-state index is 12.8. The van der Waals surface area contributed by atoms with Crippen molar-refractivity contribution in [3.8, 4) is 17.0 Å². The fourth-order valence-corrected chi connectivity index (χ4v) is 4.59. The topological polar surface area (TPSA) is 93.6 Å². The standard InChI is InChI=1S/C27H38F3N3O2.CH2O2/c1-4-7-9-11-20(6-3)31-26-24(12-8-5-2)23-13-10-16-34-18-19-17-21(35-27(28,29)30)14-15-22(19)25(23)32-33-26;2-1-3/h14-15,17,20H,4-13,16,18H2,1-3H3,(H,31,33);1H,(H,2,3). The Balaban J connectivity index is 0.00000161. The summed E-state index contributed by atoms with van der Waals surface area (Å²) in [6, 6.07) is 4.73. The van der Waals surface area contributed by atoms with Gasteiger partial charge in [0.2, 0.25) is 0 Å². The van der Waals surface area contributed by atoms with E-state index in [1.807, 2.05) is 0 Å². The molecule has 0 amide bonds. The highest BCUT2D eigenvalue weighted by molar-refractivity contribution is 5.71. The minimum absolute atomic E-state index is 0.200. The van der Waals surface area contributed by atoms with E-state index < -0.39 is 6.36 Å². The van der Waals surface area contributed by atoms with E-state index in [0.29, 0.717) is 18.2 Å². The fourth-order valence-electron chi connectivity index (χ4n) is 4.59. The van der Waals surface area contributed by atoms with Gasteiger partial charge in [0.25, 0.3) is 6.47 Å². The molecule has 2 N–H and O–H groups in total. The van der Waals surface area contributed by atoms with Crippen LogP contribution in [0.5, 0.6) is 5.75 Å². The molecule has 2 aromatic rings. The van der Waals surface area contributed by atoms with Crippen LogP contribution in [0.3, 0.4) is 0 Å². The van der Waals surface area contributed by atoms with Crippen LogP contribution < -0.4 is 10.1 Å². The highest BCUT2D eigenvalue weighted by atomic mass is 19.4. The van der Waals surface area contributed by atoms with E-state index in [4.69, 9.17) is 14.6 Å². The van der Waals surface area contributed by atoms with E-state index in [2.05, 4.69) is 41.0 Å². The highest BCUT2D eigenvalue weighted by Gasteiger charge is 2.31. The van der Waals surface area contributed by atoms with Crippen LogP contribution in [-0.2, 0) is 29.0 Å². The first-order chi connectivity index (χ1) is 18.3. The van der Waals surface area contributed by atoms with Gasteiger partial charge in [0.05, 0.1) is 12.3 Å². The molecule has 0 saturated heterocycles. The smallest absolute Gasteiger partial charge is 0.483 e. The molecular weight excluding hydrogens is 499 g/mol. The molecule has 2 heterocycles. The number of nitrogens with one attached hydrogen (secondary N) is 1. The molecule has 1 atom stereocenters. The van der Waals surface area contributed by atoms with Gasteiger partial charge in [-0.25, -0.2) is 0 Å². The molecule has 1 aromatic heterocycles. The molecule has 0 radical (unpaired) electrons. The number of ether oxygens (including phenoxy) is 2. The minimum Gasteiger partial charge on any atom is -0.483 e. The number of halogens is 3. The van der Waals surface area contributed by atoms with Gasteiger partial charge in [0.1, 0.15) is 5.75 Å². The number of fused-ring (bicyclic) bond motifs is 3. The highest BCUT2D eigenvalue weighted by Crippen LogP contribution is 2.36. The van der Waals surface area contributed by atoms with Crippen molar-refractivity contribution in [1.82, 2.24) is 10.2 Å². The summed E-state index contributed by atoms with van der Waals surface area (Å²) < 4.78 is 48.3. The number of hydrogen-bond acceptors (Lipinski definition) is 6. The molecule has 1 aliphatic heterocycles. The molecule has 1 aliphatic rings. The third kappa shape index (κ3) is 9.78. The molecule has 1 aromatic carbocycles. The number of benzene rings is 1. The summed E-state index contributed by atoms with van der Waals surface area (Å²) >= 11 is 0. The lowest BCUT2D eigenvalue weighted by atomic mass is 9.93. The number of rotatable bonds is 11. The van der Waals surface area contributed by atoms with Crippen LogP contribution in [0, 0.1) is 0 Å². The van der Waals surface area contributed by atoms with Crippen molar-refractivity contribution < 1.29 is 32.5 Å². The van der Waals surface area contributed by atoms with Crippen LogP contribution in [0.1, 0.15) is 88.8 Å². The van der Waals surface area contributed by atoms with Crippen molar-refractivity contribution in [1.29, 1.82) is 0 Å². The first kappa shape index (κ1) is 31.3. The lowest BCUT2D eigenvalue weighted by molar-refractivity contribution is -0.274. The predicted molar refractivity (Wildman–Crippen MR) is 141 cm³/mol. The number of nitrogens with zero attached hydrogens (tertiary/aromatic N) is 2. The molecule has 7 nitrogen and oxygen atoms in total. The second-order valence-corrected chi connectivity index (χ2v) is 9.33. The van der Waals surface area contributed by atoms with Crippen molar-refractivity contribution in [2.45, 2.75) is 104 Å². The average Bonchev–Trinajstić information content (AvgIpc) is 2.95. The minimum atomic E-state index is -4.74. The zero-order valence-electron chi connectivity index (χ0n) is 22.6. The molecule has 38 heavy (non-hydrogen) atoms. The van der Waals surface area contributed by atoms with Gasteiger partial charge in [0.15, 0.2) is 5.82 Å². The van der Waals surface area contributed by atoms with E-state index in [0.717, 1.165) is 67.6 Å². The Morgan fingerprint density at radius 2 is 1.89 bits per heavy atom. The molecule has 0 fully saturated rings. The largest absolute Gasteiger partial charge is 0.573 e. The van der Waals surface area contributed by atoms with Crippen molar-refractivity contribution in [3.63, 3.8) is 0 Å². The molecule has 10 heteroatoms. The summed E-state index contributed by atoms with van der Waals surface area (Å²) in [5.41, 5.74) is 4.41. The molecular formula is C28H40F3N3O4. The van der Waals surface area contributed by atoms with Crippen molar-refractivity contribution >= 4 is 12.3 Å². The summed E-state index contributed by atoms with van der Waals surface area (Å²) in [6.45, 7) is 7.04. The molecule has 3 rings (SSSR count). The van der Waals surface area contributed by atoms with E-state index in [1.54, 1.807) is 6.07 Å². The maximum Gasteiger partial charge on any atom is 0.573 e. The normalized spacial score (nSPS) is 13.9. The van der Waals surface area contributed by atoms with Crippen LogP contribution in [0.15, 0.2) is 18.2 Å². The lowest BCUT2D eigenvalue weighted by Gasteiger charge is -2.22. The van der Waals surface area contributed by atoms with Crippen LogP contribution in [0.25, 0.3) is 11.3 Å². The summed E-state index contributed by atoms with van der Waals surface area (Å²) in [5.74, 6) is 0.593. The number of carbonyl (C=O) groups is 1. The third-order valence-corrected chi connectivity index (χ3v) is 6.49. The maximum atomic E-state index is 12.8. The monoisotopic (exact) mass is 539 g/mol. The molecule has 0 saturated carbocycles. The summed E-state index contributed by atoms with van der Waals surface area (Å²) in [7, 11) is 0. The molecule has 212 valence electrons. The Kier molecular flexibility index (Phi) is 13.3. The van der Waals surface area contributed by atoms with Gasteiger partial charge >= 0.3 is 6.36 Å². The summed E-state index contributed by atoms with van der Waals surface area (Å²) in [5, 5.41) is 19.8. The summed E-state index contributed by atoms with van der Waals surface area (Å²) in [4.78, 5) is 8.36. The zero-order chi connectivity index (χ0) is 28.0. The molecule has 0 spiro atoms. The first-order valence-corrected chi connectivity index (χ1v) is 13.5. The SMILES string of the molecule is CCCCCC(CC)Nc1nnc2c(c1CCCC)CCCOCc1cc(OC(F)(F)F)ccc1-2.O=CO. The Labute approximate surface area is 223 Å². The fraction of sp³-hybridized carbons (Fsp3) is 0.607. The molecule has 1 unspecified atom stereocenters. The Morgan fingerprint density at radius 1 is 1.16 bits per heavy atom. The van der Waals surface area contributed by atoms with Crippen LogP contribution in [0.4, 0.5) is 19.0 Å². The van der Waals surface area contributed by atoms with Crippen LogP contribution >= 0.6 is 0 Å². The predicted octanol–water partition coefficient (Wildman–Crippen LogP) is 7.32. The van der Waals surface area contributed by atoms with Crippen molar-refractivity contribution in [2.24, 2.45) is 0 Å². The first-order valence-electron chi connectivity index (χ1n) is 13.5. The Hall–Kier alpha value is -2.88. The van der Waals surface area contributed by atoms with Gasteiger partial charge in [-0.3, -0.25) is 4.79 Å². The Bertz CT molecular complexity index is 1000. The number of hydrogen-bond donors (Lipinski definition) is 2. The second-order valence-electron chi connectivity index (χ2n) is 9.33. The summed E-state index contributed by atoms with van der Waals surface area (Å²) in [6.07, 6.45) is 5.50. The van der Waals surface area contributed by atoms with Crippen molar-refractivity contribution in [2.75, 3.05) is 11.9 Å². The Morgan fingerprint density at radius 3 is 2.55 bits per heavy atom. The number of anilines is 1. The van der Waals surface area contributed by atoms with Gasteiger partial charge in [-0.15, -0.1) is 23.4 Å². The second kappa shape index (κ2) is 16.2. The van der Waals surface area contributed by atoms with Gasteiger partial charge in [-0.05, 0) is 67.9 Å². The van der Waals surface area contributed by atoms with Gasteiger partial charge in [-0.1, -0.05) is 46.5 Å². The van der Waals surface area contributed by atoms with Gasteiger partial charge < -0.3 is 19.9 Å². The molecule has 0 bridgehead atoms. The van der Waals surface area contributed by atoms with E-state index in [9.17, 15) is 13.2 Å².